The minimum absolute atomic E-state index is 0.102. The largest absolute Gasteiger partial charge is 0.465 e. The molecule has 0 aromatic rings. The molecule has 0 aliphatic carbocycles. The molecule has 0 saturated carbocycles. The van der Waals surface area contributed by atoms with Gasteiger partial charge in [0, 0.05) is 0 Å². The lowest BCUT2D eigenvalue weighted by Gasteiger charge is -2.10. The van der Waals surface area contributed by atoms with Gasteiger partial charge in [-0.3, -0.25) is 9.59 Å². The molecule has 0 fully saturated rings. The summed E-state index contributed by atoms with van der Waals surface area (Å²) in [7, 11) is 0. The molecule has 3 nitrogen and oxygen atoms in total. The molecular formula is C9H16O3. The third kappa shape index (κ3) is 3.51. The highest BCUT2D eigenvalue weighted by atomic mass is 16.5. The first-order chi connectivity index (χ1) is 5.63. The Labute approximate surface area is 73.1 Å². The van der Waals surface area contributed by atoms with Crippen LogP contribution in [-0.2, 0) is 14.3 Å². The molecule has 12 heavy (non-hydrogen) atoms. The van der Waals surface area contributed by atoms with Crippen LogP contribution >= 0.6 is 0 Å². The molecule has 0 aliphatic heterocycles. The van der Waals surface area contributed by atoms with Gasteiger partial charge in [-0.1, -0.05) is 13.3 Å². The Balaban J connectivity index is 4.09. The average molecular weight is 172 g/mol. The Hall–Kier alpha value is -0.860. The third-order valence-electron chi connectivity index (χ3n) is 1.64. The van der Waals surface area contributed by atoms with Crippen molar-refractivity contribution in [2.75, 3.05) is 6.61 Å². The van der Waals surface area contributed by atoms with E-state index in [2.05, 4.69) is 0 Å². The zero-order valence-electron chi connectivity index (χ0n) is 7.92. The summed E-state index contributed by atoms with van der Waals surface area (Å²) in [4.78, 5) is 22.1. The lowest BCUT2D eigenvalue weighted by molar-refractivity contribution is -0.151. The molecule has 0 aromatic heterocycles. The molecule has 0 rings (SSSR count). The molecule has 0 aromatic carbocycles. The van der Waals surface area contributed by atoms with Crippen molar-refractivity contribution < 1.29 is 14.3 Å². The second-order valence-electron chi connectivity index (χ2n) is 2.70. The number of rotatable bonds is 5. The first kappa shape index (κ1) is 11.1. The minimum Gasteiger partial charge on any atom is -0.465 e. The molecule has 0 amide bonds. The molecule has 0 spiro atoms. The maximum Gasteiger partial charge on any atom is 0.316 e. The lowest BCUT2D eigenvalue weighted by atomic mass is 10.00. The molecule has 0 bridgehead atoms. The molecule has 0 saturated heterocycles. The lowest BCUT2D eigenvalue weighted by Crippen LogP contribution is -2.24. The second-order valence-corrected chi connectivity index (χ2v) is 2.70. The molecule has 3 heteroatoms. The van der Waals surface area contributed by atoms with Crippen molar-refractivity contribution in [2.45, 2.75) is 33.6 Å². The van der Waals surface area contributed by atoms with Crippen LogP contribution in [-0.4, -0.2) is 18.4 Å². The SMILES string of the molecule is CCCC(C(C)=O)C(=O)OCC. The Bertz CT molecular complexity index is 163. The van der Waals surface area contributed by atoms with Crippen LogP contribution in [0.15, 0.2) is 0 Å². The summed E-state index contributed by atoms with van der Waals surface area (Å²) in [6.07, 6.45) is 1.41. The maximum absolute atomic E-state index is 11.1. The van der Waals surface area contributed by atoms with E-state index in [0.29, 0.717) is 13.0 Å². The van der Waals surface area contributed by atoms with E-state index in [1.165, 1.54) is 6.92 Å². The van der Waals surface area contributed by atoms with Crippen LogP contribution < -0.4 is 0 Å². The van der Waals surface area contributed by atoms with Gasteiger partial charge in [-0.25, -0.2) is 0 Å². The number of carbonyl (C=O) groups is 2. The molecule has 0 radical (unpaired) electrons. The monoisotopic (exact) mass is 172 g/mol. The van der Waals surface area contributed by atoms with Crippen molar-refractivity contribution in [1.82, 2.24) is 0 Å². The molecule has 70 valence electrons. The van der Waals surface area contributed by atoms with Crippen LogP contribution in [0.1, 0.15) is 33.6 Å². The summed E-state index contributed by atoms with van der Waals surface area (Å²) >= 11 is 0. The normalized spacial score (nSPS) is 12.2. The summed E-state index contributed by atoms with van der Waals surface area (Å²) in [5.41, 5.74) is 0. The van der Waals surface area contributed by atoms with Gasteiger partial charge >= 0.3 is 5.97 Å². The maximum atomic E-state index is 11.1. The van der Waals surface area contributed by atoms with Crippen LogP contribution in [0.4, 0.5) is 0 Å². The third-order valence-corrected chi connectivity index (χ3v) is 1.64. The number of esters is 1. The number of ether oxygens (including phenoxy) is 1. The molecule has 0 heterocycles. The summed E-state index contributed by atoms with van der Waals surface area (Å²) < 4.78 is 4.76. The van der Waals surface area contributed by atoms with Gasteiger partial charge in [0.1, 0.15) is 11.7 Å². The molecule has 0 aliphatic rings. The van der Waals surface area contributed by atoms with Crippen molar-refractivity contribution >= 4 is 11.8 Å². The zero-order chi connectivity index (χ0) is 9.56. The molecule has 1 atom stereocenters. The minimum atomic E-state index is -0.546. The van der Waals surface area contributed by atoms with Crippen molar-refractivity contribution in [3.05, 3.63) is 0 Å². The Morgan fingerprint density at radius 2 is 1.92 bits per heavy atom. The molecule has 0 N–H and O–H groups in total. The van der Waals surface area contributed by atoms with Crippen LogP contribution in [0.2, 0.25) is 0 Å². The van der Waals surface area contributed by atoms with Crippen LogP contribution in [0, 0.1) is 5.92 Å². The van der Waals surface area contributed by atoms with E-state index < -0.39 is 5.92 Å². The molecule has 1 unspecified atom stereocenters. The van der Waals surface area contributed by atoms with Gasteiger partial charge in [0.05, 0.1) is 6.61 Å². The van der Waals surface area contributed by atoms with Crippen molar-refractivity contribution in [3.63, 3.8) is 0 Å². The van der Waals surface area contributed by atoms with E-state index >= 15 is 0 Å². The predicted octanol–water partition coefficient (Wildman–Crippen LogP) is 1.55. The molecular weight excluding hydrogens is 156 g/mol. The van der Waals surface area contributed by atoms with Crippen molar-refractivity contribution in [1.29, 1.82) is 0 Å². The number of hydrogen-bond donors (Lipinski definition) is 0. The van der Waals surface area contributed by atoms with Crippen LogP contribution in [0.3, 0.4) is 0 Å². The summed E-state index contributed by atoms with van der Waals surface area (Å²) in [5.74, 6) is -1.03. The number of ketones is 1. The van der Waals surface area contributed by atoms with E-state index in [9.17, 15) is 9.59 Å². The number of hydrogen-bond acceptors (Lipinski definition) is 3. The quantitative estimate of drug-likeness (QED) is 0.467. The van der Waals surface area contributed by atoms with Crippen molar-refractivity contribution in [2.24, 2.45) is 5.92 Å². The van der Waals surface area contributed by atoms with Crippen LogP contribution in [0.25, 0.3) is 0 Å². The van der Waals surface area contributed by atoms with Gasteiger partial charge < -0.3 is 4.74 Å². The fourth-order valence-electron chi connectivity index (χ4n) is 1.02. The smallest absolute Gasteiger partial charge is 0.316 e. The van der Waals surface area contributed by atoms with E-state index in [-0.39, 0.29) is 11.8 Å². The van der Waals surface area contributed by atoms with E-state index in [1.54, 1.807) is 6.92 Å². The average Bonchev–Trinajstić information content (AvgIpc) is 1.99. The highest BCUT2D eigenvalue weighted by Crippen LogP contribution is 2.09. The van der Waals surface area contributed by atoms with Gasteiger partial charge in [-0.05, 0) is 20.3 Å². The first-order valence-corrected chi connectivity index (χ1v) is 4.30. The summed E-state index contributed by atoms with van der Waals surface area (Å²) in [5, 5.41) is 0. The van der Waals surface area contributed by atoms with Gasteiger partial charge in [0.25, 0.3) is 0 Å². The second kappa shape index (κ2) is 5.75. The van der Waals surface area contributed by atoms with E-state index in [4.69, 9.17) is 4.74 Å². The van der Waals surface area contributed by atoms with E-state index in [1.807, 2.05) is 6.92 Å². The van der Waals surface area contributed by atoms with Gasteiger partial charge in [0.15, 0.2) is 0 Å². The standard InChI is InChI=1S/C9H16O3/c1-4-6-8(7(3)10)9(11)12-5-2/h8H,4-6H2,1-3H3. The first-order valence-electron chi connectivity index (χ1n) is 4.30. The summed E-state index contributed by atoms with van der Waals surface area (Å²) in [6, 6.07) is 0. The Morgan fingerprint density at radius 3 is 2.25 bits per heavy atom. The number of carbonyl (C=O) groups excluding carboxylic acids is 2. The Morgan fingerprint density at radius 1 is 1.33 bits per heavy atom. The fourth-order valence-corrected chi connectivity index (χ4v) is 1.02. The van der Waals surface area contributed by atoms with Crippen molar-refractivity contribution in [3.8, 4) is 0 Å². The Kier molecular flexibility index (Phi) is 5.34. The fraction of sp³-hybridized carbons (Fsp3) is 0.778. The van der Waals surface area contributed by atoms with Gasteiger partial charge in [-0.2, -0.15) is 0 Å². The highest BCUT2D eigenvalue weighted by molar-refractivity contribution is 5.97. The van der Waals surface area contributed by atoms with E-state index in [0.717, 1.165) is 6.42 Å². The topological polar surface area (TPSA) is 43.4 Å². The zero-order valence-corrected chi connectivity index (χ0v) is 7.92. The highest BCUT2D eigenvalue weighted by Gasteiger charge is 2.22. The van der Waals surface area contributed by atoms with Gasteiger partial charge in [-0.15, -0.1) is 0 Å². The number of Topliss-reactive ketones (excluding diaryl/α,β-unsaturated/α-hetero) is 1. The summed E-state index contributed by atoms with van der Waals surface area (Å²) in [6.45, 7) is 5.44. The predicted molar refractivity (Wildman–Crippen MR) is 45.7 cm³/mol. The van der Waals surface area contributed by atoms with Gasteiger partial charge in [0.2, 0.25) is 0 Å². The van der Waals surface area contributed by atoms with Crippen LogP contribution in [0.5, 0.6) is 0 Å².